The van der Waals surface area contributed by atoms with Crippen molar-refractivity contribution in [1.82, 2.24) is 15.2 Å². The number of nitrogens with zero attached hydrogens (tertiary/aromatic N) is 3. The minimum atomic E-state index is 0.430. The number of anilines is 1. The molecule has 0 bridgehead atoms. The summed E-state index contributed by atoms with van der Waals surface area (Å²) in [6.07, 6.45) is 1.98. The number of hydrogen-bond acceptors (Lipinski definition) is 8. The second-order valence-electron chi connectivity index (χ2n) is 4.39. The van der Waals surface area contributed by atoms with E-state index in [2.05, 4.69) is 29.0 Å². The number of nitrogen functional groups attached to an aromatic ring is 1. The number of nitrogens with two attached hydrogens (primary N) is 1. The van der Waals surface area contributed by atoms with E-state index in [0.29, 0.717) is 24.1 Å². The third kappa shape index (κ3) is 4.26. The third-order valence-corrected chi connectivity index (χ3v) is 5.06. The zero-order valence-electron chi connectivity index (χ0n) is 11.5. The molecule has 20 heavy (non-hydrogen) atoms. The molecule has 0 spiro atoms. The van der Waals surface area contributed by atoms with E-state index >= 15 is 0 Å². The van der Waals surface area contributed by atoms with Gasteiger partial charge in [-0.25, -0.2) is 4.98 Å². The molecule has 0 saturated heterocycles. The third-order valence-electron chi connectivity index (χ3n) is 2.17. The molecule has 0 saturated carbocycles. The number of pyridine rings is 1. The predicted octanol–water partition coefficient (Wildman–Crippen LogP) is 3.42. The molecule has 8 heteroatoms. The quantitative estimate of drug-likeness (QED) is 0.814. The lowest BCUT2D eigenvalue weighted by atomic mass is 10.2. The summed E-state index contributed by atoms with van der Waals surface area (Å²) >= 11 is 4.60. The number of thioether (sulfide) groups is 1. The van der Waals surface area contributed by atoms with Gasteiger partial charge in [0.1, 0.15) is 5.03 Å². The first-order valence-corrected chi connectivity index (χ1v) is 8.89. The van der Waals surface area contributed by atoms with Crippen LogP contribution in [0, 0.1) is 5.92 Å². The second-order valence-corrected chi connectivity index (χ2v) is 7.69. The van der Waals surface area contributed by atoms with Gasteiger partial charge in [-0.2, -0.15) is 0 Å². The normalized spacial score (nSPS) is 11.0. The smallest absolute Gasteiger partial charge is 0.238 e. The second kappa shape index (κ2) is 7.14. The molecule has 5 nitrogen and oxygen atoms in total. The average molecular weight is 328 g/mol. The SMILES string of the molecule is CSc1nnc(Sc2ccc(N)c(OCC(C)C)n2)s1. The molecule has 0 aromatic carbocycles. The first-order valence-electron chi connectivity index (χ1n) is 6.03. The molecule has 2 heterocycles. The van der Waals surface area contributed by atoms with Crippen LogP contribution in [0.5, 0.6) is 5.88 Å². The van der Waals surface area contributed by atoms with Crippen molar-refractivity contribution < 1.29 is 4.74 Å². The van der Waals surface area contributed by atoms with E-state index in [1.807, 2.05) is 18.4 Å². The molecular weight excluding hydrogens is 312 g/mol. The Kier molecular flexibility index (Phi) is 5.50. The van der Waals surface area contributed by atoms with Gasteiger partial charge in [-0.1, -0.05) is 36.9 Å². The Morgan fingerprint density at radius 1 is 1.30 bits per heavy atom. The first-order chi connectivity index (χ1) is 9.58. The Balaban J connectivity index is 2.10. The highest BCUT2D eigenvalue weighted by Gasteiger charge is 2.10. The van der Waals surface area contributed by atoms with Crippen LogP contribution in [0.15, 0.2) is 25.8 Å². The highest BCUT2D eigenvalue weighted by molar-refractivity contribution is 8.02. The van der Waals surface area contributed by atoms with Crippen LogP contribution in [0.3, 0.4) is 0 Å². The summed E-state index contributed by atoms with van der Waals surface area (Å²) in [6.45, 7) is 4.76. The van der Waals surface area contributed by atoms with Gasteiger partial charge >= 0.3 is 0 Å². The van der Waals surface area contributed by atoms with Crippen molar-refractivity contribution in [1.29, 1.82) is 0 Å². The monoisotopic (exact) mass is 328 g/mol. The molecule has 0 aliphatic rings. The minimum Gasteiger partial charge on any atom is -0.476 e. The van der Waals surface area contributed by atoms with Gasteiger partial charge in [0, 0.05) is 0 Å². The largest absolute Gasteiger partial charge is 0.476 e. The van der Waals surface area contributed by atoms with Crippen molar-refractivity contribution in [3.05, 3.63) is 12.1 Å². The summed E-state index contributed by atoms with van der Waals surface area (Å²) in [5.41, 5.74) is 6.42. The Morgan fingerprint density at radius 2 is 2.05 bits per heavy atom. The minimum absolute atomic E-state index is 0.430. The molecule has 0 radical (unpaired) electrons. The van der Waals surface area contributed by atoms with Crippen LogP contribution in [0.2, 0.25) is 0 Å². The highest BCUT2D eigenvalue weighted by Crippen LogP contribution is 2.33. The van der Waals surface area contributed by atoms with E-state index in [-0.39, 0.29) is 0 Å². The van der Waals surface area contributed by atoms with Crippen molar-refractivity contribution >= 4 is 40.5 Å². The van der Waals surface area contributed by atoms with E-state index in [1.165, 1.54) is 11.8 Å². The van der Waals surface area contributed by atoms with Crippen LogP contribution in [0.25, 0.3) is 0 Å². The van der Waals surface area contributed by atoms with Gasteiger partial charge in [-0.15, -0.1) is 10.2 Å². The maximum absolute atomic E-state index is 5.87. The Morgan fingerprint density at radius 3 is 2.70 bits per heavy atom. The van der Waals surface area contributed by atoms with E-state index in [9.17, 15) is 0 Å². The molecule has 0 amide bonds. The fraction of sp³-hybridized carbons (Fsp3) is 0.417. The Labute approximate surface area is 130 Å². The first kappa shape index (κ1) is 15.4. The average Bonchev–Trinajstić information content (AvgIpc) is 2.87. The van der Waals surface area contributed by atoms with Crippen LogP contribution < -0.4 is 10.5 Å². The molecule has 0 unspecified atom stereocenters. The molecule has 0 fully saturated rings. The van der Waals surface area contributed by atoms with E-state index in [0.717, 1.165) is 13.7 Å². The number of rotatable bonds is 6. The summed E-state index contributed by atoms with van der Waals surface area (Å²) in [6, 6.07) is 3.67. The summed E-state index contributed by atoms with van der Waals surface area (Å²) in [4.78, 5) is 4.42. The molecule has 108 valence electrons. The van der Waals surface area contributed by atoms with Gasteiger partial charge < -0.3 is 10.5 Å². The van der Waals surface area contributed by atoms with Crippen molar-refractivity contribution in [3.63, 3.8) is 0 Å². The zero-order valence-corrected chi connectivity index (χ0v) is 13.9. The van der Waals surface area contributed by atoms with Crippen LogP contribution in [-0.4, -0.2) is 28.0 Å². The van der Waals surface area contributed by atoms with Gasteiger partial charge in [0.15, 0.2) is 8.68 Å². The van der Waals surface area contributed by atoms with Gasteiger partial charge in [-0.3, -0.25) is 0 Å². The molecule has 0 atom stereocenters. The van der Waals surface area contributed by atoms with Crippen molar-refractivity contribution in [2.75, 3.05) is 18.6 Å². The topological polar surface area (TPSA) is 73.9 Å². The summed E-state index contributed by atoms with van der Waals surface area (Å²) < 4.78 is 7.42. The fourth-order valence-corrected chi connectivity index (χ4v) is 3.61. The van der Waals surface area contributed by atoms with E-state index < -0.39 is 0 Å². The Bertz CT molecular complexity index is 574. The standard InChI is InChI=1S/C12H16N4OS3/c1-7(2)6-17-10-8(13)4-5-9(14-10)19-12-16-15-11(18-3)20-12/h4-5,7H,6,13H2,1-3H3. The lowest BCUT2D eigenvalue weighted by molar-refractivity contribution is 0.261. The fourth-order valence-electron chi connectivity index (χ4n) is 1.26. The van der Waals surface area contributed by atoms with Crippen LogP contribution in [0.4, 0.5) is 5.69 Å². The molecule has 0 aliphatic carbocycles. The van der Waals surface area contributed by atoms with Crippen LogP contribution in [0.1, 0.15) is 13.8 Å². The van der Waals surface area contributed by atoms with Crippen LogP contribution in [-0.2, 0) is 0 Å². The highest BCUT2D eigenvalue weighted by atomic mass is 32.2. The number of ether oxygens (including phenoxy) is 1. The summed E-state index contributed by atoms with van der Waals surface area (Å²) in [7, 11) is 0. The van der Waals surface area contributed by atoms with Gasteiger partial charge in [0.2, 0.25) is 5.88 Å². The van der Waals surface area contributed by atoms with Gasteiger partial charge in [0.25, 0.3) is 0 Å². The van der Waals surface area contributed by atoms with Crippen molar-refractivity contribution in [2.45, 2.75) is 27.6 Å². The molecule has 0 aliphatic heterocycles. The Hall–Kier alpha value is -0.990. The van der Waals surface area contributed by atoms with Gasteiger partial charge in [-0.05, 0) is 36.1 Å². The van der Waals surface area contributed by atoms with E-state index in [1.54, 1.807) is 23.1 Å². The molecule has 2 aromatic rings. The van der Waals surface area contributed by atoms with Crippen molar-refractivity contribution in [2.24, 2.45) is 5.92 Å². The number of aromatic nitrogens is 3. The molecular formula is C12H16N4OS3. The lowest BCUT2D eigenvalue weighted by Gasteiger charge is -2.10. The molecule has 2 aromatic heterocycles. The van der Waals surface area contributed by atoms with E-state index in [4.69, 9.17) is 10.5 Å². The predicted molar refractivity (Wildman–Crippen MR) is 84.8 cm³/mol. The summed E-state index contributed by atoms with van der Waals surface area (Å²) in [5, 5.41) is 8.97. The maximum Gasteiger partial charge on any atom is 0.238 e. The zero-order chi connectivity index (χ0) is 14.5. The van der Waals surface area contributed by atoms with Crippen molar-refractivity contribution in [3.8, 4) is 5.88 Å². The van der Waals surface area contributed by atoms with Crippen LogP contribution >= 0.6 is 34.9 Å². The number of hydrogen-bond donors (Lipinski definition) is 1. The molecule has 2 rings (SSSR count). The lowest BCUT2D eigenvalue weighted by Crippen LogP contribution is -2.07. The maximum atomic E-state index is 5.87. The summed E-state index contributed by atoms with van der Waals surface area (Å²) in [5.74, 6) is 0.915. The van der Waals surface area contributed by atoms with Gasteiger partial charge in [0.05, 0.1) is 12.3 Å². The molecule has 2 N–H and O–H groups in total.